The number of nitrogens with zero attached hydrogens (tertiary/aromatic N) is 4. The first-order chi connectivity index (χ1) is 9.08. The number of amides is 2. The Bertz CT molecular complexity index is 540. The highest BCUT2D eigenvalue weighted by Crippen LogP contribution is 2.49. The lowest BCUT2D eigenvalue weighted by atomic mass is 9.74. The number of carbonyl (C=O) groups excluding carboxylic acids is 1. The molecule has 0 radical (unpaired) electrons. The Balaban J connectivity index is 1.90. The Morgan fingerprint density at radius 2 is 2.21 bits per heavy atom. The van der Waals surface area contributed by atoms with Gasteiger partial charge in [-0.3, -0.25) is 4.90 Å². The van der Waals surface area contributed by atoms with Crippen LogP contribution in [-0.4, -0.2) is 38.1 Å². The fraction of sp³-hybridized carbons (Fsp3) is 0.583. The highest BCUT2D eigenvalue weighted by atomic mass is 79.9. The first-order valence-corrected chi connectivity index (χ1v) is 7.96. The summed E-state index contributed by atoms with van der Waals surface area (Å²) in [6.07, 6.45) is 3.17. The number of carbonyl (C=O) groups is 1. The highest BCUT2D eigenvalue weighted by molar-refractivity contribution is 9.11. The van der Waals surface area contributed by atoms with E-state index in [1.165, 1.54) is 11.3 Å². The monoisotopic (exact) mass is 342 g/mol. The lowest BCUT2D eigenvalue weighted by Gasteiger charge is -2.44. The predicted molar refractivity (Wildman–Crippen MR) is 76.7 cm³/mol. The van der Waals surface area contributed by atoms with E-state index in [4.69, 9.17) is 0 Å². The van der Waals surface area contributed by atoms with Gasteiger partial charge in [-0.05, 0) is 42.1 Å². The molecule has 2 fully saturated rings. The molecule has 2 heterocycles. The van der Waals surface area contributed by atoms with Crippen molar-refractivity contribution >= 4 is 33.3 Å². The number of rotatable bonds is 3. The topological polar surface area (TPSA) is 49.3 Å². The number of halogens is 1. The number of likely N-dealkylation sites (N-methyl/N-ethyl adjacent to an activating group) is 1. The van der Waals surface area contributed by atoms with Crippen molar-refractivity contribution in [3.8, 4) is 0 Å². The zero-order valence-corrected chi connectivity index (χ0v) is 13.1. The molecular formula is C12H15BrN4OS. The Kier molecular flexibility index (Phi) is 3.13. The zero-order valence-electron chi connectivity index (χ0n) is 10.7. The Hall–Kier alpha value is -0.950. The molecule has 1 aliphatic carbocycles. The van der Waals surface area contributed by atoms with E-state index in [2.05, 4.69) is 32.7 Å². The summed E-state index contributed by atoms with van der Waals surface area (Å²) in [4.78, 5) is 16.2. The van der Waals surface area contributed by atoms with E-state index in [0.717, 1.165) is 33.9 Å². The Morgan fingerprint density at radius 1 is 1.47 bits per heavy atom. The summed E-state index contributed by atoms with van der Waals surface area (Å²) >= 11 is 4.78. The average Bonchev–Trinajstić information content (AvgIpc) is 2.81. The second-order valence-electron chi connectivity index (χ2n) is 4.89. The molecule has 1 spiro atoms. The molecule has 0 aromatic carbocycles. The van der Waals surface area contributed by atoms with Crippen molar-refractivity contribution in [1.82, 2.24) is 20.0 Å². The van der Waals surface area contributed by atoms with Crippen LogP contribution in [0.2, 0.25) is 0 Å². The molecule has 1 saturated heterocycles. The minimum absolute atomic E-state index is 0.0542. The molecule has 2 aliphatic rings. The van der Waals surface area contributed by atoms with Crippen molar-refractivity contribution in [3.63, 3.8) is 0 Å². The smallest absolute Gasteiger partial charge is 0.306 e. The van der Waals surface area contributed by atoms with Gasteiger partial charge < -0.3 is 4.90 Å². The minimum Gasteiger partial charge on any atom is -0.306 e. The van der Waals surface area contributed by atoms with Crippen LogP contribution in [-0.2, 0) is 6.54 Å². The molecule has 0 N–H and O–H groups in total. The van der Waals surface area contributed by atoms with Gasteiger partial charge in [0.1, 0.15) is 5.01 Å². The van der Waals surface area contributed by atoms with Gasteiger partial charge in [-0.25, -0.2) is 4.79 Å². The molecule has 3 rings (SSSR count). The highest BCUT2D eigenvalue weighted by Gasteiger charge is 2.55. The van der Waals surface area contributed by atoms with Crippen LogP contribution < -0.4 is 0 Å². The molecule has 0 unspecified atom stereocenters. The Morgan fingerprint density at radius 3 is 2.68 bits per heavy atom. The van der Waals surface area contributed by atoms with Crippen LogP contribution >= 0.6 is 27.3 Å². The normalized spacial score (nSPS) is 21.4. The molecule has 1 aromatic rings. The van der Waals surface area contributed by atoms with Crippen LogP contribution in [0.3, 0.4) is 0 Å². The number of urea groups is 1. The van der Waals surface area contributed by atoms with E-state index in [0.29, 0.717) is 13.1 Å². The third-order valence-electron chi connectivity index (χ3n) is 4.07. The van der Waals surface area contributed by atoms with Gasteiger partial charge in [-0.1, -0.05) is 17.9 Å². The minimum atomic E-state index is -0.161. The molecule has 1 saturated carbocycles. The van der Waals surface area contributed by atoms with Crippen LogP contribution in [0.15, 0.2) is 16.2 Å². The first kappa shape index (κ1) is 13.1. The van der Waals surface area contributed by atoms with E-state index >= 15 is 0 Å². The number of aromatic nitrogens is 2. The molecule has 7 heteroatoms. The summed E-state index contributed by atoms with van der Waals surface area (Å²) in [6, 6.07) is 0.0542. The average molecular weight is 343 g/mol. The van der Waals surface area contributed by atoms with Crippen molar-refractivity contribution in [2.24, 2.45) is 0 Å². The standard InChI is InChI=1S/C12H15BrN4OS/c1-3-16-8(2)12(5-4-6-12)17(11(16)18)7-9-14-15-10(13)19-9/h2-7H2,1H3. The molecule has 102 valence electrons. The summed E-state index contributed by atoms with van der Waals surface area (Å²) < 4.78 is 0.753. The van der Waals surface area contributed by atoms with Gasteiger partial charge in [0.05, 0.1) is 12.1 Å². The van der Waals surface area contributed by atoms with Crippen LogP contribution in [0.1, 0.15) is 31.2 Å². The largest absolute Gasteiger partial charge is 0.325 e. The van der Waals surface area contributed by atoms with Crippen molar-refractivity contribution in [3.05, 3.63) is 21.2 Å². The van der Waals surface area contributed by atoms with Crippen molar-refractivity contribution in [1.29, 1.82) is 0 Å². The second kappa shape index (κ2) is 4.56. The van der Waals surface area contributed by atoms with E-state index in [-0.39, 0.29) is 11.6 Å². The van der Waals surface area contributed by atoms with Gasteiger partial charge in [-0.15, -0.1) is 10.2 Å². The number of hydrogen-bond acceptors (Lipinski definition) is 4. The SMILES string of the molecule is C=C1N(CC)C(=O)N(Cc2nnc(Br)s2)C12CCC2. The summed E-state index contributed by atoms with van der Waals surface area (Å²) in [6.45, 7) is 7.34. The van der Waals surface area contributed by atoms with Crippen LogP contribution in [0, 0.1) is 0 Å². The van der Waals surface area contributed by atoms with E-state index in [1.807, 2.05) is 11.8 Å². The van der Waals surface area contributed by atoms with Gasteiger partial charge in [0, 0.05) is 12.2 Å². The lowest BCUT2D eigenvalue weighted by Crippen LogP contribution is -2.50. The fourth-order valence-corrected chi connectivity index (χ4v) is 4.09. The zero-order chi connectivity index (χ0) is 13.6. The summed E-state index contributed by atoms with van der Waals surface area (Å²) in [7, 11) is 0. The first-order valence-electron chi connectivity index (χ1n) is 6.35. The Labute approximate surface area is 124 Å². The molecular weight excluding hydrogens is 328 g/mol. The van der Waals surface area contributed by atoms with Crippen molar-refractivity contribution < 1.29 is 4.79 Å². The third kappa shape index (κ3) is 1.82. The van der Waals surface area contributed by atoms with Gasteiger partial charge in [0.2, 0.25) is 0 Å². The van der Waals surface area contributed by atoms with E-state index in [9.17, 15) is 4.79 Å². The third-order valence-corrected chi connectivity index (χ3v) is 5.41. The maximum atomic E-state index is 12.5. The van der Waals surface area contributed by atoms with Gasteiger partial charge in [0.15, 0.2) is 3.92 Å². The van der Waals surface area contributed by atoms with Crippen LogP contribution in [0.5, 0.6) is 0 Å². The van der Waals surface area contributed by atoms with E-state index in [1.54, 1.807) is 4.90 Å². The molecule has 0 bridgehead atoms. The quantitative estimate of drug-likeness (QED) is 0.848. The molecule has 5 nitrogen and oxygen atoms in total. The van der Waals surface area contributed by atoms with Crippen LogP contribution in [0.25, 0.3) is 0 Å². The summed E-state index contributed by atoms with van der Waals surface area (Å²) in [5.74, 6) is 0. The van der Waals surface area contributed by atoms with E-state index < -0.39 is 0 Å². The lowest BCUT2D eigenvalue weighted by molar-refractivity contribution is 0.0972. The summed E-state index contributed by atoms with van der Waals surface area (Å²) in [5, 5.41) is 8.90. The van der Waals surface area contributed by atoms with Crippen molar-refractivity contribution in [2.75, 3.05) is 6.54 Å². The predicted octanol–water partition coefficient (Wildman–Crippen LogP) is 2.99. The van der Waals surface area contributed by atoms with Crippen molar-refractivity contribution in [2.45, 2.75) is 38.3 Å². The maximum Gasteiger partial charge on any atom is 0.325 e. The van der Waals surface area contributed by atoms with Gasteiger partial charge in [-0.2, -0.15) is 0 Å². The molecule has 19 heavy (non-hydrogen) atoms. The number of hydrogen-bond donors (Lipinski definition) is 0. The molecule has 0 atom stereocenters. The second-order valence-corrected chi connectivity index (χ2v) is 7.23. The van der Waals surface area contributed by atoms with Gasteiger partial charge in [0.25, 0.3) is 0 Å². The van der Waals surface area contributed by atoms with Gasteiger partial charge >= 0.3 is 6.03 Å². The molecule has 1 aromatic heterocycles. The fourth-order valence-electron chi connectivity index (χ4n) is 2.90. The maximum absolute atomic E-state index is 12.5. The van der Waals surface area contributed by atoms with Crippen LogP contribution in [0.4, 0.5) is 4.79 Å². The summed E-state index contributed by atoms with van der Waals surface area (Å²) in [5.41, 5.74) is 0.792. The molecule has 1 aliphatic heterocycles. The molecule has 2 amide bonds.